The second-order valence-electron chi connectivity index (χ2n) is 4.60. The van der Waals surface area contributed by atoms with E-state index in [1.807, 2.05) is 6.92 Å². The fourth-order valence-electron chi connectivity index (χ4n) is 1.83. The molecule has 0 aliphatic heterocycles. The first-order valence-corrected chi connectivity index (χ1v) is 6.30. The Kier molecular flexibility index (Phi) is 4.30. The number of amides is 1. The van der Waals surface area contributed by atoms with Gasteiger partial charge in [0.25, 0.3) is 0 Å². The van der Waals surface area contributed by atoms with Crippen molar-refractivity contribution in [2.75, 3.05) is 5.73 Å². The van der Waals surface area contributed by atoms with Crippen LogP contribution in [0.25, 0.3) is 0 Å². The zero-order valence-corrected chi connectivity index (χ0v) is 11.1. The molecule has 3 N–H and O–H groups in total. The molecule has 2 rings (SSSR count). The fourth-order valence-corrected chi connectivity index (χ4v) is 1.83. The number of nitrogens with one attached hydrogen (secondary N) is 1. The normalized spacial score (nSPS) is 11.9. The molecule has 1 atom stereocenters. The number of benzene rings is 1. The minimum absolute atomic E-state index is 0.140. The number of nitrogens with two attached hydrogens (primary N) is 1. The van der Waals surface area contributed by atoms with Gasteiger partial charge < -0.3 is 11.1 Å². The lowest BCUT2D eigenvalue weighted by molar-refractivity contribution is -0.121. The zero-order chi connectivity index (χ0) is 14.5. The maximum Gasteiger partial charge on any atom is 0.226 e. The van der Waals surface area contributed by atoms with E-state index in [2.05, 4.69) is 10.3 Å². The molecule has 1 heterocycles. The van der Waals surface area contributed by atoms with Crippen molar-refractivity contribution in [3.8, 4) is 0 Å². The van der Waals surface area contributed by atoms with Gasteiger partial charge in [-0.3, -0.25) is 9.78 Å². The molecule has 1 aromatic carbocycles. The van der Waals surface area contributed by atoms with E-state index in [1.54, 1.807) is 24.3 Å². The molecule has 0 spiro atoms. The van der Waals surface area contributed by atoms with Crippen molar-refractivity contribution in [2.45, 2.75) is 19.4 Å². The van der Waals surface area contributed by atoms with Crippen molar-refractivity contribution in [2.24, 2.45) is 0 Å². The lowest BCUT2D eigenvalue weighted by Crippen LogP contribution is -2.28. The minimum atomic E-state index is -0.293. The van der Waals surface area contributed by atoms with Gasteiger partial charge in [-0.05, 0) is 36.8 Å². The molecule has 0 aliphatic rings. The molecule has 0 radical (unpaired) electrons. The van der Waals surface area contributed by atoms with Crippen molar-refractivity contribution in [3.05, 3.63) is 59.7 Å². The summed E-state index contributed by atoms with van der Waals surface area (Å²) in [7, 11) is 0. The Balaban J connectivity index is 1.93. The maximum absolute atomic E-state index is 12.8. The number of nitrogens with zero attached hydrogens (tertiary/aromatic N) is 1. The molecule has 2 aromatic rings. The van der Waals surface area contributed by atoms with E-state index in [1.165, 1.54) is 18.3 Å². The van der Waals surface area contributed by atoms with E-state index >= 15 is 0 Å². The molecule has 0 bridgehead atoms. The van der Waals surface area contributed by atoms with E-state index in [4.69, 9.17) is 5.73 Å². The van der Waals surface area contributed by atoms with Crippen LogP contribution in [0, 0.1) is 5.82 Å². The Labute approximate surface area is 116 Å². The number of aromatic nitrogens is 1. The van der Waals surface area contributed by atoms with Crippen LogP contribution in [0.15, 0.2) is 42.6 Å². The summed E-state index contributed by atoms with van der Waals surface area (Å²) in [6.45, 7) is 1.85. The summed E-state index contributed by atoms with van der Waals surface area (Å²) in [4.78, 5) is 16.0. The molecule has 20 heavy (non-hydrogen) atoms. The summed E-state index contributed by atoms with van der Waals surface area (Å²) in [5, 5.41) is 2.85. The van der Waals surface area contributed by atoms with Gasteiger partial charge in [-0.1, -0.05) is 12.1 Å². The molecular weight excluding hydrogens is 257 g/mol. The highest BCUT2D eigenvalue weighted by Crippen LogP contribution is 2.13. The van der Waals surface area contributed by atoms with Crippen LogP contribution in [-0.2, 0) is 11.2 Å². The first kappa shape index (κ1) is 14.0. The minimum Gasteiger partial charge on any atom is -0.397 e. The van der Waals surface area contributed by atoms with Crippen molar-refractivity contribution >= 4 is 11.6 Å². The van der Waals surface area contributed by atoms with Crippen LogP contribution < -0.4 is 11.1 Å². The van der Waals surface area contributed by atoms with Crippen LogP contribution >= 0.6 is 0 Å². The maximum atomic E-state index is 12.8. The van der Waals surface area contributed by atoms with Gasteiger partial charge in [-0.15, -0.1) is 0 Å². The first-order chi connectivity index (χ1) is 9.54. The van der Waals surface area contributed by atoms with E-state index in [0.717, 1.165) is 5.56 Å². The standard InChI is InChI=1S/C15H16FN3O/c1-10(11-2-4-12(16)5-3-11)19-15(20)8-14-7-6-13(17)9-18-14/h2-7,9-10H,8,17H2,1H3,(H,19,20)/t10-/m0/s1. The third kappa shape index (κ3) is 3.78. The fraction of sp³-hybridized carbons (Fsp3) is 0.200. The third-order valence-electron chi connectivity index (χ3n) is 2.94. The lowest BCUT2D eigenvalue weighted by atomic mass is 10.1. The van der Waals surface area contributed by atoms with Crippen LogP contribution in [0.5, 0.6) is 0 Å². The second kappa shape index (κ2) is 6.14. The number of halogens is 1. The molecule has 0 aliphatic carbocycles. The highest BCUT2D eigenvalue weighted by atomic mass is 19.1. The molecular formula is C15H16FN3O. The van der Waals surface area contributed by atoms with Crippen molar-refractivity contribution in [1.29, 1.82) is 0 Å². The van der Waals surface area contributed by atoms with Gasteiger partial charge in [0.15, 0.2) is 0 Å². The van der Waals surface area contributed by atoms with Crippen LogP contribution in [0.1, 0.15) is 24.2 Å². The Hall–Kier alpha value is -2.43. The number of carbonyl (C=O) groups excluding carboxylic acids is 1. The van der Waals surface area contributed by atoms with Crippen LogP contribution in [0.2, 0.25) is 0 Å². The largest absolute Gasteiger partial charge is 0.397 e. The molecule has 4 nitrogen and oxygen atoms in total. The van der Waals surface area contributed by atoms with Gasteiger partial charge in [-0.25, -0.2) is 4.39 Å². The highest BCUT2D eigenvalue weighted by molar-refractivity contribution is 5.78. The number of carbonyl (C=O) groups is 1. The Morgan fingerprint density at radius 1 is 1.30 bits per heavy atom. The van der Waals surface area contributed by atoms with Crippen LogP contribution in [-0.4, -0.2) is 10.9 Å². The Morgan fingerprint density at radius 2 is 2.00 bits per heavy atom. The lowest BCUT2D eigenvalue weighted by Gasteiger charge is -2.14. The number of rotatable bonds is 4. The Morgan fingerprint density at radius 3 is 2.60 bits per heavy atom. The quantitative estimate of drug-likeness (QED) is 0.897. The average molecular weight is 273 g/mol. The third-order valence-corrected chi connectivity index (χ3v) is 2.94. The molecule has 1 aromatic heterocycles. The van der Waals surface area contributed by atoms with Crippen LogP contribution in [0.3, 0.4) is 0 Å². The predicted molar refractivity (Wildman–Crippen MR) is 75.3 cm³/mol. The Bertz CT molecular complexity index is 581. The average Bonchev–Trinajstić information content (AvgIpc) is 2.42. The monoisotopic (exact) mass is 273 g/mol. The van der Waals surface area contributed by atoms with E-state index < -0.39 is 0 Å². The summed E-state index contributed by atoms with van der Waals surface area (Å²) in [5.41, 5.74) is 7.60. The van der Waals surface area contributed by atoms with Crippen LogP contribution in [0.4, 0.5) is 10.1 Å². The molecule has 1 amide bonds. The predicted octanol–water partition coefficient (Wildman–Crippen LogP) is 2.22. The number of nitrogen functional groups attached to an aromatic ring is 1. The molecule has 0 fully saturated rings. The first-order valence-electron chi connectivity index (χ1n) is 6.30. The topological polar surface area (TPSA) is 68.0 Å². The smallest absolute Gasteiger partial charge is 0.226 e. The van der Waals surface area contributed by atoms with Crippen molar-refractivity contribution in [1.82, 2.24) is 10.3 Å². The summed E-state index contributed by atoms with van der Waals surface area (Å²) >= 11 is 0. The molecule has 0 saturated carbocycles. The molecule has 5 heteroatoms. The van der Waals surface area contributed by atoms with Gasteiger partial charge in [0.05, 0.1) is 24.3 Å². The number of hydrogen-bond donors (Lipinski definition) is 2. The van der Waals surface area contributed by atoms with Gasteiger partial charge in [-0.2, -0.15) is 0 Å². The van der Waals surface area contributed by atoms with Crippen molar-refractivity contribution < 1.29 is 9.18 Å². The highest BCUT2D eigenvalue weighted by Gasteiger charge is 2.10. The van der Waals surface area contributed by atoms with Gasteiger partial charge in [0.1, 0.15) is 5.82 Å². The molecule has 0 saturated heterocycles. The number of hydrogen-bond acceptors (Lipinski definition) is 3. The zero-order valence-electron chi connectivity index (χ0n) is 11.1. The summed E-state index contributed by atoms with van der Waals surface area (Å²) in [6.07, 6.45) is 1.71. The van der Waals surface area contributed by atoms with E-state index in [0.29, 0.717) is 11.4 Å². The molecule has 104 valence electrons. The number of anilines is 1. The number of pyridine rings is 1. The summed E-state index contributed by atoms with van der Waals surface area (Å²) < 4.78 is 12.8. The SMILES string of the molecule is C[C@H](NC(=O)Cc1ccc(N)cn1)c1ccc(F)cc1. The molecule has 0 unspecified atom stereocenters. The van der Waals surface area contributed by atoms with E-state index in [9.17, 15) is 9.18 Å². The van der Waals surface area contributed by atoms with Gasteiger partial charge >= 0.3 is 0 Å². The van der Waals surface area contributed by atoms with Gasteiger partial charge in [0.2, 0.25) is 5.91 Å². The van der Waals surface area contributed by atoms with Crippen molar-refractivity contribution in [3.63, 3.8) is 0 Å². The summed E-state index contributed by atoms with van der Waals surface area (Å²) in [5.74, 6) is -0.433. The van der Waals surface area contributed by atoms with Gasteiger partial charge in [0, 0.05) is 5.69 Å². The summed E-state index contributed by atoms with van der Waals surface area (Å²) in [6, 6.07) is 9.30. The second-order valence-corrected chi connectivity index (χ2v) is 4.60. The van der Waals surface area contributed by atoms with E-state index in [-0.39, 0.29) is 24.2 Å².